The molecule has 3 nitrogen and oxygen atoms in total. The quantitative estimate of drug-likeness (QED) is 0.815. The molecule has 1 aliphatic rings. The fourth-order valence-electron chi connectivity index (χ4n) is 2.27. The summed E-state index contributed by atoms with van der Waals surface area (Å²) in [5, 5.41) is 3.32. The molecule has 0 amide bonds. The second-order valence-corrected chi connectivity index (χ2v) is 4.70. The van der Waals surface area contributed by atoms with Gasteiger partial charge in [0.25, 0.3) is 0 Å². The molecule has 0 spiro atoms. The smallest absolute Gasteiger partial charge is 0.306 e. The van der Waals surface area contributed by atoms with E-state index in [1.54, 1.807) is 0 Å². The minimum Gasteiger partial charge on any atom is -0.469 e. The highest BCUT2D eigenvalue weighted by molar-refractivity contribution is 5.69. The summed E-state index contributed by atoms with van der Waals surface area (Å²) in [6, 6.07) is 7.18. The van der Waals surface area contributed by atoms with Crippen LogP contribution in [0.4, 0.5) is 4.39 Å². The fraction of sp³-hybridized carbons (Fsp3) is 0.500. The average Bonchev–Trinajstić information content (AvgIpc) is 2.33. The Hall–Kier alpha value is -1.42. The number of hydrogen-bond acceptors (Lipinski definition) is 3. The molecule has 1 aromatic rings. The van der Waals surface area contributed by atoms with Gasteiger partial charge in [-0.1, -0.05) is 12.1 Å². The SMILES string of the molecule is COC(=O)CCNC1CC(c2ccc(F)cc2)C1. The number of ether oxygens (including phenoxy) is 1. The van der Waals surface area contributed by atoms with Gasteiger partial charge in [0.15, 0.2) is 0 Å². The van der Waals surface area contributed by atoms with Crippen LogP contribution in [0.15, 0.2) is 24.3 Å². The van der Waals surface area contributed by atoms with E-state index < -0.39 is 0 Å². The van der Waals surface area contributed by atoms with Crippen LogP contribution in [-0.2, 0) is 9.53 Å². The van der Waals surface area contributed by atoms with Crippen LogP contribution in [0.25, 0.3) is 0 Å². The second-order valence-electron chi connectivity index (χ2n) is 4.70. The van der Waals surface area contributed by atoms with Crippen molar-refractivity contribution in [1.82, 2.24) is 5.32 Å². The van der Waals surface area contributed by atoms with Gasteiger partial charge in [0.1, 0.15) is 5.82 Å². The number of rotatable bonds is 5. The van der Waals surface area contributed by atoms with Gasteiger partial charge in [-0.3, -0.25) is 4.79 Å². The van der Waals surface area contributed by atoms with Gasteiger partial charge in [0.2, 0.25) is 0 Å². The van der Waals surface area contributed by atoms with Gasteiger partial charge < -0.3 is 10.1 Å². The van der Waals surface area contributed by atoms with Crippen molar-refractivity contribution < 1.29 is 13.9 Å². The van der Waals surface area contributed by atoms with E-state index >= 15 is 0 Å². The molecule has 98 valence electrons. The first kappa shape index (κ1) is 13.0. The standard InChI is InChI=1S/C14H18FNO2/c1-18-14(17)6-7-16-13-8-11(9-13)10-2-4-12(15)5-3-10/h2-5,11,13,16H,6-9H2,1H3. The van der Waals surface area contributed by atoms with Crippen LogP contribution in [0.1, 0.15) is 30.7 Å². The van der Waals surface area contributed by atoms with Gasteiger partial charge in [-0.15, -0.1) is 0 Å². The molecule has 4 heteroatoms. The van der Waals surface area contributed by atoms with Crippen molar-refractivity contribution in [2.24, 2.45) is 0 Å². The highest BCUT2D eigenvalue weighted by Crippen LogP contribution is 2.36. The van der Waals surface area contributed by atoms with Crippen LogP contribution >= 0.6 is 0 Å². The van der Waals surface area contributed by atoms with E-state index in [1.165, 1.54) is 24.8 Å². The van der Waals surface area contributed by atoms with Gasteiger partial charge >= 0.3 is 5.97 Å². The zero-order chi connectivity index (χ0) is 13.0. The first-order valence-corrected chi connectivity index (χ1v) is 6.24. The molecule has 1 saturated carbocycles. The summed E-state index contributed by atoms with van der Waals surface area (Å²) < 4.78 is 17.3. The Kier molecular flexibility index (Phi) is 4.31. The first-order chi connectivity index (χ1) is 8.69. The molecule has 0 atom stereocenters. The van der Waals surface area contributed by atoms with Crippen LogP contribution in [0, 0.1) is 5.82 Å². The van der Waals surface area contributed by atoms with Crippen molar-refractivity contribution in [3.8, 4) is 0 Å². The van der Waals surface area contributed by atoms with Gasteiger partial charge in [0.05, 0.1) is 13.5 Å². The maximum Gasteiger partial charge on any atom is 0.306 e. The molecule has 1 N–H and O–H groups in total. The molecule has 0 aromatic heterocycles. The highest BCUT2D eigenvalue weighted by Gasteiger charge is 2.29. The van der Waals surface area contributed by atoms with Crippen molar-refractivity contribution in [2.45, 2.75) is 31.2 Å². The number of halogens is 1. The predicted octanol–water partition coefficient (Wildman–Crippen LogP) is 2.22. The van der Waals surface area contributed by atoms with Crippen molar-refractivity contribution >= 4 is 5.97 Å². The lowest BCUT2D eigenvalue weighted by Gasteiger charge is -2.36. The Morgan fingerprint density at radius 1 is 1.39 bits per heavy atom. The Balaban J connectivity index is 1.67. The van der Waals surface area contributed by atoms with E-state index in [0.29, 0.717) is 24.9 Å². The number of benzene rings is 1. The van der Waals surface area contributed by atoms with E-state index in [0.717, 1.165) is 12.8 Å². The molecule has 0 saturated heterocycles. The largest absolute Gasteiger partial charge is 0.469 e. The van der Waals surface area contributed by atoms with Crippen molar-refractivity contribution in [3.63, 3.8) is 0 Å². The third kappa shape index (κ3) is 3.29. The van der Waals surface area contributed by atoms with E-state index in [4.69, 9.17) is 0 Å². The normalized spacial score (nSPS) is 22.3. The molecular weight excluding hydrogens is 233 g/mol. The second kappa shape index (κ2) is 5.96. The van der Waals surface area contributed by atoms with E-state index in [9.17, 15) is 9.18 Å². The molecule has 1 aromatic carbocycles. The summed E-state index contributed by atoms with van der Waals surface area (Å²) >= 11 is 0. The van der Waals surface area contributed by atoms with Gasteiger partial charge in [0, 0.05) is 12.6 Å². The third-order valence-electron chi connectivity index (χ3n) is 3.47. The highest BCUT2D eigenvalue weighted by atomic mass is 19.1. The molecule has 0 aliphatic heterocycles. The van der Waals surface area contributed by atoms with Crippen molar-refractivity contribution in [3.05, 3.63) is 35.6 Å². The molecule has 0 bridgehead atoms. The van der Waals surface area contributed by atoms with Crippen LogP contribution in [0.5, 0.6) is 0 Å². The minimum absolute atomic E-state index is 0.183. The molecule has 2 rings (SSSR count). The number of carbonyl (C=O) groups excluding carboxylic acids is 1. The lowest BCUT2D eigenvalue weighted by molar-refractivity contribution is -0.140. The number of esters is 1. The van der Waals surface area contributed by atoms with Gasteiger partial charge in [-0.25, -0.2) is 4.39 Å². The molecule has 0 heterocycles. The molecule has 1 fully saturated rings. The first-order valence-electron chi connectivity index (χ1n) is 6.24. The monoisotopic (exact) mass is 251 g/mol. The van der Waals surface area contributed by atoms with Gasteiger partial charge in [-0.05, 0) is 36.5 Å². The topological polar surface area (TPSA) is 38.3 Å². The van der Waals surface area contributed by atoms with Crippen LogP contribution in [0.2, 0.25) is 0 Å². The molecule has 1 aliphatic carbocycles. The van der Waals surface area contributed by atoms with E-state index in [1.807, 2.05) is 12.1 Å². The lowest BCUT2D eigenvalue weighted by Crippen LogP contribution is -2.41. The lowest BCUT2D eigenvalue weighted by atomic mass is 9.76. The summed E-state index contributed by atoms with van der Waals surface area (Å²) in [6.45, 7) is 0.660. The Morgan fingerprint density at radius 2 is 2.06 bits per heavy atom. The third-order valence-corrected chi connectivity index (χ3v) is 3.47. The Labute approximate surface area is 106 Å². The van der Waals surface area contributed by atoms with Gasteiger partial charge in [-0.2, -0.15) is 0 Å². The fourth-order valence-corrected chi connectivity index (χ4v) is 2.27. The van der Waals surface area contributed by atoms with Crippen molar-refractivity contribution in [1.29, 1.82) is 0 Å². The maximum absolute atomic E-state index is 12.8. The minimum atomic E-state index is -0.189. The zero-order valence-corrected chi connectivity index (χ0v) is 10.5. The molecule has 0 unspecified atom stereocenters. The summed E-state index contributed by atoms with van der Waals surface area (Å²) in [5.41, 5.74) is 1.20. The van der Waals surface area contributed by atoms with Crippen LogP contribution in [0.3, 0.4) is 0 Å². The van der Waals surface area contributed by atoms with E-state index in [2.05, 4.69) is 10.1 Å². The Bertz CT molecular complexity index is 399. The molecule has 0 radical (unpaired) electrons. The van der Waals surface area contributed by atoms with E-state index in [-0.39, 0.29) is 11.8 Å². The predicted molar refractivity (Wildman–Crippen MR) is 66.8 cm³/mol. The summed E-state index contributed by atoms with van der Waals surface area (Å²) in [7, 11) is 1.40. The van der Waals surface area contributed by atoms with Crippen LogP contribution < -0.4 is 5.32 Å². The van der Waals surface area contributed by atoms with Crippen molar-refractivity contribution in [2.75, 3.05) is 13.7 Å². The number of carbonyl (C=O) groups is 1. The summed E-state index contributed by atoms with van der Waals surface area (Å²) in [6.07, 6.45) is 2.51. The number of nitrogens with one attached hydrogen (secondary N) is 1. The van der Waals surface area contributed by atoms with Crippen LogP contribution in [-0.4, -0.2) is 25.7 Å². The number of methoxy groups -OCH3 is 1. The zero-order valence-electron chi connectivity index (χ0n) is 10.5. The average molecular weight is 251 g/mol. The molecular formula is C14H18FNO2. The maximum atomic E-state index is 12.8. The number of hydrogen-bond donors (Lipinski definition) is 1. The summed E-state index contributed by atoms with van der Waals surface area (Å²) in [5.74, 6) is 0.143. The molecule has 18 heavy (non-hydrogen) atoms. The summed E-state index contributed by atoms with van der Waals surface area (Å²) in [4.78, 5) is 10.9. The Morgan fingerprint density at radius 3 is 2.67 bits per heavy atom.